The van der Waals surface area contributed by atoms with Crippen molar-refractivity contribution in [1.29, 1.82) is 0 Å². The number of hydrogen-bond acceptors (Lipinski definition) is 2. The lowest BCUT2D eigenvalue weighted by atomic mass is 10.2. The number of nitrogens with two attached hydrogens (primary N) is 1. The van der Waals surface area contributed by atoms with Gasteiger partial charge >= 0.3 is 0 Å². The van der Waals surface area contributed by atoms with Crippen LogP contribution in [0.15, 0.2) is 20.9 Å². The fourth-order valence-electron chi connectivity index (χ4n) is 2.17. The van der Waals surface area contributed by atoms with E-state index in [9.17, 15) is 0 Å². The number of aliphatic imine (C=N–C) groups is 1. The minimum absolute atomic E-state index is 0. The van der Waals surface area contributed by atoms with Gasteiger partial charge in [0.25, 0.3) is 0 Å². The molecule has 1 aromatic heterocycles. The van der Waals surface area contributed by atoms with E-state index in [1.165, 1.54) is 34.3 Å². The SMILES string of the molecule is I.NC(=NCCc1ccc(Br)s1)N1CCCCCC1. The van der Waals surface area contributed by atoms with Crippen molar-refractivity contribution in [2.75, 3.05) is 19.6 Å². The highest BCUT2D eigenvalue weighted by atomic mass is 127. The standard InChI is InChI=1S/C13H20BrN3S.HI/c14-12-6-5-11(18-12)7-8-16-13(15)17-9-3-1-2-4-10-17;/h5-6H,1-4,7-10H2,(H2,15,16);1H. The Balaban J connectivity index is 0.00000180. The molecule has 108 valence electrons. The van der Waals surface area contributed by atoms with Gasteiger partial charge in [-0.25, -0.2) is 0 Å². The molecule has 1 aliphatic heterocycles. The minimum Gasteiger partial charge on any atom is -0.370 e. The highest BCUT2D eigenvalue weighted by Gasteiger charge is 2.10. The van der Waals surface area contributed by atoms with Crippen LogP contribution in [0.1, 0.15) is 30.6 Å². The lowest BCUT2D eigenvalue weighted by Gasteiger charge is -2.20. The van der Waals surface area contributed by atoms with E-state index < -0.39 is 0 Å². The molecule has 0 atom stereocenters. The van der Waals surface area contributed by atoms with Crippen molar-refractivity contribution in [2.45, 2.75) is 32.1 Å². The van der Waals surface area contributed by atoms with Gasteiger partial charge in [0, 0.05) is 30.9 Å². The van der Waals surface area contributed by atoms with Gasteiger partial charge < -0.3 is 10.6 Å². The molecule has 0 saturated carbocycles. The van der Waals surface area contributed by atoms with Crippen molar-refractivity contribution in [3.05, 3.63) is 20.8 Å². The Labute approximate surface area is 144 Å². The van der Waals surface area contributed by atoms with Gasteiger partial charge in [0.1, 0.15) is 0 Å². The number of hydrogen-bond donors (Lipinski definition) is 1. The molecule has 0 unspecified atom stereocenters. The van der Waals surface area contributed by atoms with Crippen LogP contribution in [0, 0.1) is 0 Å². The lowest BCUT2D eigenvalue weighted by Crippen LogP contribution is -2.38. The summed E-state index contributed by atoms with van der Waals surface area (Å²) in [5.74, 6) is 0.729. The molecule has 0 amide bonds. The quantitative estimate of drug-likeness (QED) is 0.425. The number of nitrogens with zero attached hydrogens (tertiary/aromatic N) is 2. The van der Waals surface area contributed by atoms with E-state index in [1.807, 2.05) is 0 Å². The van der Waals surface area contributed by atoms with Crippen molar-refractivity contribution in [3.63, 3.8) is 0 Å². The summed E-state index contributed by atoms with van der Waals surface area (Å²) in [5.41, 5.74) is 6.06. The molecule has 19 heavy (non-hydrogen) atoms. The van der Waals surface area contributed by atoms with Crippen LogP contribution in [0.4, 0.5) is 0 Å². The van der Waals surface area contributed by atoms with Gasteiger partial charge in [0.15, 0.2) is 5.96 Å². The molecule has 1 aliphatic rings. The molecule has 3 nitrogen and oxygen atoms in total. The van der Waals surface area contributed by atoms with E-state index in [0.29, 0.717) is 0 Å². The molecule has 6 heteroatoms. The Morgan fingerprint density at radius 2 is 1.95 bits per heavy atom. The van der Waals surface area contributed by atoms with Crippen molar-refractivity contribution < 1.29 is 0 Å². The van der Waals surface area contributed by atoms with E-state index in [-0.39, 0.29) is 24.0 Å². The fourth-order valence-corrected chi connectivity index (χ4v) is 3.64. The second-order valence-corrected chi connectivity index (χ2v) is 7.14. The smallest absolute Gasteiger partial charge is 0.191 e. The summed E-state index contributed by atoms with van der Waals surface area (Å²) in [6.45, 7) is 2.93. The highest BCUT2D eigenvalue weighted by Crippen LogP contribution is 2.22. The second kappa shape index (κ2) is 9.18. The Hall–Kier alpha value is 0.180. The van der Waals surface area contributed by atoms with Gasteiger partial charge in [0.2, 0.25) is 0 Å². The van der Waals surface area contributed by atoms with Crippen LogP contribution >= 0.6 is 51.2 Å². The molecular formula is C13H21BrIN3S. The van der Waals surface area contributed by atoms with E-state index in [1.54, 1.807) is 11.3 Å². The second-order valence-electron chi connectivity index (χ2n) is 4.60. The average Bonchev–Trinajstić information content (AvgIpc) is 2.63. The molecule has 2 rings (SSSR count). The third kappa shape index (κ3) is 5.99. The largest absolute Gasteiger partial charge is 0.370 e. The minimum atomic E-state index is 0. The summed E-state index contributed by atoms with van der Waals surface area (Å²) in [6.07, 6.45) is 6.12. The molecule has 0 aromatic carbocycles. The first-order valence-corrected chi connectivity index (χ1v) is 8.16. The molecule has 1 saturated heterocycles. The van der Waals surface area contributed by atoms with Crippen LogP contribution in [0.2, 0.25) is 0 Å². The summed E-state index contributed by atoms with van der Waals surface area (Å²) >= 11 is 5.25. The number of guanidine groups is 1. The first-order valence-electron chi connectivity index (χ1n) is 6.55. The highest BCUT2D eigenvalue weighted by molar-refractivity contribution is 14.0. The van der Waals surface area contributed by atoms with Crippen LogP contribution in [-0.4, -0.2) is 30.5 Å². The zero-order valence-corrected chi connectivity index (χ0v) is 15.7. The molecule has 0 radical (unpaired) electrons. The van der Waals surface area contributed by atoms with Crippen molar-refractivity contribution >= 4 is 57.2 Å². The number of rotatable bonds is 3. The fraction of sp³-hybridized carbons (Fsp3) is 0.615. The van der Waals surface area contributed by atoms with Crippen molar-refractivity contribution in [3.8, 4) is 0 Å². The van der Waals surface area contributed by atoms with E-state index in [2.05, 4.69) is 38.0 Å². The summed E-state index contributed by atoms with van der Waals surface area (Å²) in [4.78, 5) is 8.10. The number of likely N-dealkylation sites (tertiary alicyclic amines) is 1. The summed E-state index contributed by atoms with van der Waals surface area (Å²) in [7, 11) is 0. The monoisotopic (exact) mass is 457 g/mol. The maximum Gasteiger partial charge on any atom is 0.191 e. The zero-order valence-electron chi connectivity index (χ0n) is 11.0. The predicted molar refractivity (Wildman–Crippen MR) is 97.7 cm³/mol. The van der Waals surface area contributed by atoms with Gasteiger partial charge in [-0.2, -0.15) is 0 Å². The van der Waals surface area contributed by atoms with Crippen LogP contribution in [0.25, 0.3) is 0 Å². The normalized spacial score (nSPS) is 16.9. The van der Waals surface area contributed by atoms with Crippen LogP contribution in [0.3, 0.4) is 0 Å². The van der Waals surface area contributed by atoms with E-state index in [0.717, 1.165) is 32.0 Å². The third-order valence-corrected chi connectivity index (χ3v) is 4.87. The molecule has 2 N–H and O–H groups in total. The van der Waals surface area contributed by atoms with Crippen LogP contribution in [0.5, 0.6) is 0 Å². The van der Waals surface area contributed by atoms with Crippen molar-refractivity contribution in [1.82, 2.24) is 4.90 Å². The average molecular weight is 458 g/mol. The summed E-state index contributed by atoms with van der Waals surface area (Å²) in [5, 5.41) is 0. The Bertz CT molecular complexity index is 400. The van der Waals surface area contributed by atoms with E-state index in [4.69, 9.17) is 5.73 Å². The Morgan fingerprint density at radius 1 is 1.26 bits per heavy atom. The predicted octanol–water partition coefficient (Wildman–Crippen LogP) is 3.86. The molecule has 1 aromatic rings. The maximum atomic E-state index is 6.06. The van der Waals surface area contributed by atoms with Gasteiger partial charge in [0.05, 0.1) is 3.79 Å². The molecule has 1 fully saturated rings. The Kier molecular flexibility index (Phi) is 8.32. The van der Waals surface area contributed by atoms with E-state index >= 15 is 0 Å². The number of thiophene rings is 1. The lowest BCUT2D eigenvalue weighted by molar-refractivity contribution is 0.428. The summed E-state index contributed by atoms with van der Waals surface area (Å²) < 4.78 is 1.18. The first-order chi connectivity index (χ1) is 8.75. The molecule has 0 aliphatic carbocycles. The van der Waals surface area contributed by atoms with Crippen LogP contribution < -0.4 is 5.73 Å². The van der Waals surface area contributed by atoms with Gasteiger partial charge in [-0.3, -0.25) is 4.99 Å². The molecule has 0 bridgehead atoms. The molecular weight excluding hydrogens is 437 g/mol. The zero-order chi connectivity index (χ0) is 12.8. The summed E-state index contributed by atoms with van der Waals surface area (Å²) in [6, 6.07) is 4.23. The molecule has 2 heterocycles. The maximum absolute atomic E-state index is 6.06. The topological polar surface area (TPSA) is 41.6 Å². The van der Waals surface area contributed by atoms with Gasteiger partial charge in [-0.15, -0.1) is 35.3 Å². The third-order valence-electron chi connectivity index (χ3n) is 3.19. The van der Waals surface area contributed by atoms with Gasteiger partial charge in [-0.1, -0.05) is 12.8 Å². The van der Waals surface area contributed by atoms with Gasteiger partial charge in [-0.05, 0) is 40.9 Å². The Morgan fingerprint density at radius 3 is 2.53 bits per heavy atom. The number of halogens is 2. The van der Waals surface area contributed by atoms with Crippen LogP contribution in [-0.2, 0) is 6.42 Å². The van der Waals surface area contributed by atoms with Crippen molar-refractivity contribution in [2.24, 2.45) is 10.7 Å². The molecule has 0 spiro atoms. The first kappa shape index (κ1) is 17.2.